The van der Waals surface area contributed by atoms with Gasteiger partial charge in [-0.2, -0.15) is 22.9 Å². The van der Waals surface area contributed by atoms with Crippen molar-refractivity contribution < 1.29 is 0 Å². The number of nitrogens with zero attached hydrogens (tertiary/aromatic N) is 1. The molecule has 9 heavy (non-hydrogen) atoms. The second kappa shape index (κ2) is 5.11. The number of hydrogen-bond donors (Lipinski definition) is 0. The van der Waals surface area contributed by atoms with Crippen molar-refractivity contribution in [2.24, 2.45) is 0 Å². The summed E-state index contributed by atoms with van der Waals surface area (Å²) in [5.41, 5.74) is -0.410. The van der Waals surface area contributed by atoms with Crippen LogP contribution in [0.25, 0.3) is 0 Å². The molecular formula is C2H5BCl4NSi. The fourth-order valence-electron chi connectivity index (χ4n) is 0.276. The van der Waals surface area contributed by atoms with E-state index in [-0.39, 0.29) is 0 Å². The van der Waals surface area contributed by atoms with Crippen LogP contribution in [0.2, 0.25) is 0 Å². The van der Waals surface area contributed by atoms with E-state index >= 15 is 0 Å². The summed E-state index contributed by atoms with van der Waals surface area (Å²) < 4.78 is 1.73. The zero-order valence-electron chi connectivity index (χ0n) is 4.74. The highest BCUT2D eigenvalue weighted by atomic mass is 35.7. The van der Waals surface area contributed by atoms with Crippen LogP contribution in [0.1, 0.15) is 0 Å². The molecule has 0 N–H and O–H groups in total. The highest BCUT2D eigenvalue weighted by molar-refractivity contribution is 7.35. The number of rotatable bonds is 3. The van der Waals surface area contributed by atoms with Crippen molar-refractivity contribution >= 4 is 58.2 Å². The molecule has 0 aliphatic heterocycles. The van der Waals surface area contributed by atoms with Crippen molar-refractivity contribution in [1.82, 2.24) is 4.57 Å². The maximum atomic E-state index is 5.55. The molecule has 0 bridgehead atoms. The molecule has 7 heteroatoms. The van der Waals surface area contributed by atoms with Crippen LogP contribution in [-0.4, -0.2) is 31.2 Å². The predicted molar refractivity (Wildman–Crippen MR) is 47.6 cm³/mol. The molecule has 53 valence electrons. The van der Waals surface area contributed by atoms with Crippen LogP contribution < -0.4 is 0 Å². The van der Waals surface area contributed by atoms with Gasteiger partial charge in [0.25, 0.3) is 0 Å². The second-order valence-electron chi connectivity index (χ2n) is 1.51. The van der Waals surface area contributed by atoms with E-state index < -0.39 is 13.1 Å². The first-order chi connectivity index (χ1) is 4.04. The fourth-order valence-corrected chi connectivity index (χ4v) is 1.66. The van der Waals surface area contributed by atoms with E-state index in [1.54, 1.807) is 11.6 Å². The highest BCUT2D eigenvalue weighted by Gasteiger charge is 2.16. The second-order valence-corrected chi connectivity index (χ2v) is 6.76. The van der Waals surface area contributed by atoms with Gasteiger partial charge in [-0.3, -0.25) is 0 Å². The largest absolute Gasteiger partial charge is 0.364 e. The summed E-state index contributed by atoms with van der Waals surface area (Å²) in [4.78, 5) is 0. The average Bonchev–Trinajstić information content (AvgIpc) is 1.63. The van der Waals surface area contributed by atoms with Gasteiger partial charge in [0.05, 0.1) is 0 Å². The van der Waals surface area contributed by atoms with Crippen LogP contribution >= 0.6 is 45.1 Å². The highest BCUT2D eigenvalue weighted by Crippen LogP contribution is 2.05. The van der Waals surface area contributed by atoms with Gasteiger partial charge in [0.2, 0.25) is 0 Å². The minimum atomic E-state index is -1.40. The maximum absolute atomic E-state index is 5.55. The molecule has 0 saturated carbocycles. The minimum Gasteiger partial charge on any atom is -0.306 e. The smallest absolute Gasteiger partial charge is 0.306 e. The molecule has 1 nitrogen and oxygen atoms in total. The monoisotopic (exact) mass is 222 g/mol. The fraction of sp³-hybridized carbons (Fsp3) is 1.00. The molecule has 0 aliphatic rings. The summed E-state index contributed by atoms with van der Waals surface area (Å²) in [7, 11) is 0.385. The van der Waals surface area contributed by atoms with Gasteiger partial charge in [0.15, 0.2) is 0 Å². The van der Waals surface area contributed by atoms with Crippen molar-refractivity contribution in [1.29, 1.82) is 0 Å². The quantitative estimate of drug-likeness (QED) is 0.522. The van der Waals surface area contributed by atoms with Crippen molar-refractivity contribution in [2.75, 3.05) is 13.5 Å². The molecular weight excluding hydrogens is 219 g/mol. The third kappa shape index (κ3) is 5.83. The molecule has 0 atom stereocenters. The topological polar surface area (TPSA) is 3.24 Å². The first-order valence-corrected chi connectivity index (χ1v) is 6.55. The molecule has 0 aromatic heterocycles. The number of hydrogen-bond acceptors (Lipinski definition) is 1. The Balaban J connectivity index is 3.38. The van der Waals surface area contributed by atoms with Crippen molar-refractivity contribution in [2.45, 2.75) is 0 Å². The molecule has 0 saturated heterocycles. The summed E-state index contributed by atoms with van der Waals surface area (Å²) in [6.07, 6.45) is 0.518. The van der Waals surface area contributed by atoms with Gasteiger partial charge in [-0.05, 0) is 7.05 Å². The normalized spacial score (nSPS) is 11.0. The SMILES string of the molecule is CN(CB(Cl)Cl)[Si](Cl)Cl. The van der Waals surface area contributed by atoms with E-state index in [1.165, 1.54) is 0 Å². The van der Waals surface area contributed by atoms with Crippen molar-refractivity contribution in [3.8, 4) is 0 Å². The van der Waals surface area contributed by atoms with E-state index in [1.807, 2.05) is 0 Å². The molecule has 0 amide bonds. The molecule has 1 radical (unpaired) electrons. The van der Waals surface area contributed by atoms with E-state index in [4.69, 9.17) is 45.1 Å². The first kappa shape index (κ1) is 10.4. The molecule has 0 spiro atoms. The summed E-state index contributed by atoms with van der Waals surface area (Å²) in [6.45, 7) is 0. The van der Waals surface area contributed by atoms with Gasteiger partial charge in [0.1, 0.15) is 0 Å². The Hall–Kier alpha value is 1.40. The Morgan fingerprint density at radius 3 is 2.00 bits per heavy atom. The van der Waals surface area contributed by atoms with Gasteiger partial charge >= 0.3 is 13.1 Å². The van der Waals surface area contributed by atoms with Crippen LogP contribution in [0, 0.1) is 0 Å². The van der Waals surface area contributed by atoms with E-state index in [0.29, 0.717) is 6.44 Å². The van der Waals surface area contributed by atoms with Gasteiger partial charge in [-0.15, -0.1) is 22.2 Å². The van der Waals surface area contributed by atoms with Crippen LogP contribution in [0.4, 0.5) is 0 Å². The van der Waals surface area contributed by atoms with Crippen LogP contribution in [0.15, 0.2) is 0 Å². The Kier molecular flexibility index (Phi) is 5.90. The lowest BCUT2D eigenvalue weighted by Gasteiger charge is -2.13. The van der Waals surface area contributed by atoms with Gasteiger partial charge < -0.3 is 4.57 Å². The van der Waals surface area contributed by atoms with Gasteiger partial charge in [-0.1, -0.05) is 0 Å². The zero-order chi connectivity index (χ0) is 7.44. The predicted octanol–water partition coefficient (Wildman–Crippen LogP) is 1.89. The lowest BCUT2D eigenvalue weighted by Crippen LogP contribution is -2.32. The molecule has 0 rings (SSSR count). The standard InChI is InChI=1S/C2H5BCl4NSi/c1-8(9(6)7)2-3(4)5/h2H2,1H3. The van der Waals surface area contributed by atoms with Crippen LogP contribution in [-0.2, 0) is 0 Å². The van der Waals surface area contributed by atoms with Crippen molar-refractivity contribution in [3.05, 3.63) is 0 Å². The van der Waals surface area contributed by atoms with E-state index in [2.05, 4.69) is 0 Å². The Morgan fingerprint density at radius 1 is 1.44 bits per heavy atom. The molecule has 0 aromatic rings. The van der Waals surface area contributed by atoms with Crippen LogP contribution in [0.3, 0.4) is 0 Å². The van der Waals surface area contributed by atoms with Crippen molar-refractivity contribution in [3.63, 3.8) is 0 Å². The summed E-state index contributed by atoms with van der Waals surface area (Å²) >= 11 is 22.0. The molecule has 0 aromatic carbocycles. The lowest BCUT2D eigenvalue weighted by atomic mass is 10.1. The maximum Gasteiger partial charge on any atom is 0.364 e. The summed E-state index contributed by atoms with van der Waals surface area (Å²) in [5.74, 6) is 0. The Morgan fingerprint density at radius 2 is 1.89 bits per heavy atom. The van der Waals surface area contributed by atoms with Gasteiger partial charge in [-0.25, -0.2) is 0 Å². The molecule has 0 unspecified atom stereocenters. The molecule has 0 heterocycles. The molecule has 0 fully saturated rings. The summed E-state index contributed by atoms with van der Waals surface area (Å²) in [5, 5.41) is 0. The van der Waals surface area contributed by atoms with E-state index in [0.717, 1.165) is 0 Å². The lowest BCUT2D eigenvalue weighted by molar-refractivity contribution is 0.633. The Labute approximate surface area is 76.2 Å². The van der Waals surface area contributed by atoms with Gasteiger partial charge in [0, 0.05) is 6.44 Å². The number of halogens is 4. The first-order valence-electron chi connectivity index (χ1n) is 2.21. The summed E-state index contributed by atoms with van der Waals surface area (Å²) in [6, 6.07) is 0. The average molecular weight is 224 g/mol. The third-order valence-corrected chi connectivity index (χ3v) is 3.47. The Bertz CT molecular complexity index is 81.0. The van der Waals surface area contributed by atoms with E-state index in [9.17, 15) is 0 Å². The molecule has 0 aliphatic carbocycles. The minimum absolute atomic E-state index is 0.410. The zero-order valence-corrected chi connectivity index (χ0v) is 8.77. The van der Waals surface area contributed by atoms with Crippen LogP contribution in [0.5, 0.6) is 0 Å². The third-order valence-electron chi connectivity index (χ3n) is 0.700.